The second-order valence-electron chi connectivity index (χ2n) is 3.38. The largest absolute Gasteiger partial charge is 0.436 e. The Morgan fingerprint density at radius 1 is 1.60 bits per heavy atom. The third-order valence-electron chi connectivity index (χ3n) is 2.12. The van der Waals surface area contributed by atoms with Gasteiger partial charge in [0.05, 0.1) is 5.69 Å². The van der Waals surface area contributed by atoms with E-state index in [9.17, 15) is 4.79 Å². The van der Waals surface area contributed by atoms with Gasteiger partial charge in [0.15, 0.2) is 5.89 Å². The van der Waals surface area contributed by atoms with Crippen LogP contribution in [0, 0.1) is 13.8 Å². The summed E-state index contributed by atoms with van der Waals surface area (Å²) in [5.41, 5.74) is 0.634. The van der Waals surface area contributed by atoms with Crippen LogP contribution in [0.4, 0.5) is 0 Å². The summed E-state index contributed by atoms with van der Waals surface area (Å²) in [5.74, 6) is 0.635. The number of hydrogen-bond donors (Lipinski definition) is 1. The summed E-state index contributed by atoms with van der Waals surface area (Å²) in [6, 6.07) is 0.127. The molecule has 1 aromatic heterocycles. The lowest BCUT2D eigenvalue weighted by molar-refractivity contribution is 0.0910. The molecule has 1 unspecified atom stereocenters. The third-order valence-corrected chi connectivity index (χ3v) is 2.91. The van der Waals surface area contributed by atoms with Crippen molar-refractivity contribution >= 4 is 21.8 Å². The number of halogens is 1. The van der Waals surface area contributed by atoms with Gasteiger partial charge in [-0.1, -0.05) is 22.9 Å². The van der Waals surface area contributed by atoms with Crippen LogP contribution in [0.5, 0.6) is 0 Å². The first-order chi connectivity index (χ1) is 7.08. The molecule has 0 saturated heterocycles. The number of rotatable bonds is 4. The minimum absolute atomic E-state index is 0.127. The molecule has 1 aromatic rings. The predicted molar refractivity (Wildman–Crippen MR) is 61.3 cm³/mol. The Morgan fingerprint density at radius 3 is 2.67 bits per heavy atom. The molecule has 0 radical (unpaired) electrons. The molecule has 0 aliphatic heterocycles. The summed E-state index contributed by atoms with van der Waals surface area (Å²) in [5, 5.41) is 3.60. The molecule has 1 N–H and O–H groups in total. The molecular weight excluding hydrogens is 260 g/mol. The minimum atomic E-state index is -0.195. The molecule has 0 aliphatic carbocycles. The topological polar surface area (TPSA) is 55.1 Å². The predicted octanol–water partition coefficient (Wildman–Crippen LogP) is 2.19. The van der Waals surface area contributed by atoms with E-state index in [-0.39, 0.29) is 11.9 Å². The summed E-state index contributed by atoms with van der Waals surface area (Å²) in [4.78, 5) is 15.8. The van der Waals surface area contributed by atoms with E-state index in [1.807, 2.05) is 6.92 Å². The van der Waals surface area contributed by atoms with E-state index < -0.39 is 0 Å². The zero-order valence-corrected chi connectivity index (χ0v) is 10.7. The number of amides is 1. The molecule has 84 valence electrons. The van der Waals surface area contributed by atoms with Crippen LogP contribution in [0.3, 0.4) is 0 Å². The monoisotopic (exact) mass is 274 g/mol. The van der Waals surface area contributed by atoms with Crippen LogP contribution in [0.15, 0.2) is 4.42 Å². The van der Waals surface area contributed by atoms with E-state index in [4.69, 9.17) is 4.42 Å². The quantitative estimate of drug-likeness (QED) is 0.857. The number of nitrogens with one attached hydrogen (secondary N) is 1. The van der Waals surface area contributed by atoms with Crippen molar-refractivity contribution in [2.75, 3.05) is 5.33 Å². The van der Waals surface area contributed by atoms with E-state index in [0.717, 1.165) is 11.8 Å². The van der Waals surface area contributed by atoms with Crippen LogP contribution in [0.2, 0.25) is 0 Å². The smallest absolute Gasteiger partial charge is 0.289 e. The molecule has 0 bridgehead atoms. The van der Waals surface area contributed by atoms with E-state index in [1.165, 1.54) is 0 Å². The van der Waals surface area contributed by atoms with Gasteiger partial charge in [-0.25, -0.2) is 4.98 Å². The van der Waals surface area contributed by atoms with Gasteiger partial charge in [0.1, 0.15) is 0 Å². The number of oxazole rings is 1. The molecule has 4 nitrogen and oxygen atoms in total. The van der Waals surface area contributed by atoms with Crippen LogP contribution < -0.4 is 5.32 Å². The lowest BCUT2D eigenvalue weighted by atomic mass is 10.2. The molecule has 0 saturated carbocycles. The number of alkyl halides is 1. The lowest BCUT2D eigenvalue weighted by Crippen LogP contribution is -2.35. The second kappa shape index (κ2) is 5.30. The normalized spacial score (nSPS) is 12.5. The standard InChI is InChI=1S/C10H15BrN2O2/c1-4-8(5-11)13-10(14)9-6(2)12-7(3)15-9/h8H,4-5H2,1-3H3,(H,13,14). The Morgan fingerprint density at radius 2 is 2.27 bits per heavy atom. The first kappa shape index (κ1) is 12.2. The Balaban J connectivity index is 2.72. The maximum absolute atomic E-state index is 11.7. The summed E-state index contributed by atoms with van der Waals surface area (Å²) >= 11 is 3.34. The number of nitrogens with zero attached hydrogens (tertiary/aromatic N) is 1. The molecule has 0 aromatic carbocycles. The van der Waals surface area contributed by atoms with Gasteiger partial charge < -0.3 is 9.73 Å². The van der Waals surface area contributed by atoms with Gasteiger partial charge >= 0.3 is 0 Å². The van der Waals surface area contributed by atoms with Gasteiger partial charge in [-0.3, -0.25) is 4.79 Å². The zero-order valence-electron chi connectivity index (χ0n) is 9.13. The highest BCUT2D eigenvalue weighted by Gasteiger charge is 2.18. The van der Waals surface area contributed by atoms with E-state index in [0.29, 0.717) is 17.3 Å². The SMILES string of the molecule is CCC(CBr)NC(=O)c1oc(C)nc1C. The first-order valence-electron chi connectivity index (χ1n) is 4.89. The van der Waals surface area contributed by atoms with Crippen LogP contribution in [-0.2, 0) is 0 Å². The van der Waals surface area contributed by atoms with Crippen molar-refractivity contribution in [1.82, 2.24) is 10.3 Å². The average molecular weight is 275 g/mol. The Bertz CT molecular complexity index is 345. The molecule has 0 spiro atoms. The Labute approximate surface area is 97.6 Å². The van der Waals surface area contributed by atoms with Crippen molar-refractivity contribution in [1.29, 1.82) is 0 Å². The third kappa shape index (κ3) is 3.06. The number of aryl methyl sites for hydroxylation is 2. The summed E-state index contributed by atoms with van der Waals surface area (Å²) < 4.78 is 5.23. The Hall–Kier alpha value is -0.840. The van der Waals surface area contributed by atoms with Gasteiger partial charge in [0, 0.05) is 18.3 Å². The number of carbonyl (C=O) groups is 1. The average Bonchev–Trinajstić information content (AvgIpc) is 2.54. The van der Waals surface area contributed by atoms with Crippen LogP contribution >= 0.6 is 15.9 Å². The molecular formula is C10H15BrN2O2. The molecule has 1 rings (SSSR count). The molecule has 1 atom stereocenters. The van der Waals surface area contributed by atoms with Gasteiger partial charge in [-0.2, -0.15) is 0 Å². The molecule has 1 amide bonds. The van der Waals surface area contributed by atoms with Crippen molar-refractivity contribution in [3.8, 4) is 0 Å². The number of hydrogen-bond acceptors (Lipinski definition) is 3. The number of aromatic nitrogens is 1. The fraction of sp³-hybridized carbons (Fsp3) is 0.600. The van der Waals surface area contributed by atoms with E-state index in [2.05, 4.69) is 26.2 Å². The van der Waals surface area contributed by atoms with Crippen molar-refractivity contribution < 1.29 is 9.21 Å². The van der Waals surface area contributed by atoms with Crippen molar-refractivity contribution in [3.05, 3.63) is 17.3 Å². The molecule has 5 heteroatoms. The highest BCUT2D eigenvalue weighted by molar-refractivity contribution is 9.09. The van der Waals surface area contributed by atoms with Crippen LogP contribution in [0.1, 0.15) is 35.5 Å². The van der Waals surface area contributed by atoms with E-state index >= 15 is 0 Å². The van der Waals surface area contributed by atoms with Gasteiger partial charge in [0.25, 0.3) is 5.91 Å². The van der Waals surface area contributed by atoms with Crippen LogP contribution in [0.25, 0.3) is 0 Å². The van der Waals surface area contributed by atoms with E-state index in [1.54, 1.807) is 13.8 Å². The molecule has 0 fully saturated rings. The fourth-order valence-corrected chi connectivity index (χ4v) is 1.86. The van der Waals surface area contributed by atoms with Gasteiger partial charge in [0.2, 0.25) is 5.76 Å². The highest BCUT2D eigenvalue weighted by atomic mass is 79.9. The maximum Gasteiger partial charge on any atom is 0.289 e. The second-order valence-corrected chi connectivity index (χ2v) is 4.03. The fourth-order valence-electron chi connectivity index (χ4n) is 1.24. The molecule has 1 heterocycles. The Kier molecular flexibility index (Phi) is 4.32. The van der Waals surface area contributed by atoms with Crippen molar-refractivity contribution in [3.63, 3.8) is 0 Å². The van der Waals surface area contributed by atoms with Gasteiger partial charge in [-0.15, -0.1) is 0 Å². The summed E-state index contributed by atoms with van der Waals surface area (Å²) in [6.45, 7) is 5.51. The zero-order chi connectivity index (χ0) is 11.4. The molecule has 15 heavy (non-hydrogen) atoms. The summed E-state index contributed by atoms with van der Waals surface area (Å²) in [6.07, 6.45) is 0.878. The highest BCUT2D eigenvalue weighted by Crippen LogP contribution is 2.09. The lowest BCUT2D eigenvalue weighted by Gasteiger charge is -2.12. The summed E-state index contributed by atoms with van der Waals surface area (Å²) in [7, 11) is 0. The molecule has 0 aliphatic rings. The van der Waals surface area contributed by atoms with Gasteiger partial charge in [-0.05, 0) is 13.3 Å². The van der Waals surface area contributed by atoms with Crippen molar-refractivity contribution in [2.24, 2.45) is 0 Å². The van der Waals surface area contributed by atoms with Crippen molar-refractivity contribution in [2.45, 2.75) is 33.2 Å². The number of carbonyl (C=O) groups excluding carboxylic acids is 1. The van der Waals surface area contributed by atoms with Crippen LogP contribution in [-0.4, -0.2) is 22.3 Å². The minimum Gasteiger partial charge on any atom is -0.436 e. The maximum atomic E-state index is 11.7. The first-order valence-corrected chi connectivity index (χ1v) is 6.01.